The molecule has 8 heteroatoms. The van der Waals surface area contributed by atoms with Crippen LogP contribution in [-0.4, -0.2) is 51.7 Å². The maximum Gasteiger partial charge on any atom is 0.416 e. The number of carbonyl (C=O) groups excluding carboxylic acids is 1. The highest BCUT2D eigenvalue weighted by molar-refractivity contribution is 5.94. The number of carbonyl (C=O) groups is 1. The van der Waals surface area contributed by atoms with E-state index in [9.17, 15) is 18.0 Å². The van der Waals surface area contributed by atoms with E-state index in [1.165, 1.54) is 6.07 Å². The van der Waals surface area contributed by atoms with Gasteiger partial charge in [0.15, 0.2) is 5.69 Å². The molecule has 4 rings (SSSR count). The second-order valence-electron chi connectivity index (χ2n) is 8.36. The Morgan fingerprint density at radius 1 is 1.10 bits per heavy atom. The highest BCUT2D eigenvalue weighted by atomic mass is 19.4. The summed E-state index contributed by atoms with van der Waals surface area (Å²) in [7, 11) is 0. The Bertz CT molecular complexity index is 945. The molecule has 2 aliphatic rings. The third kappa shape index (κ3) is 4.22. The molecule has 2 aliphatic heterocycles. The van der Waals surface area contributed by atoms with Crippen LogP contribution in [0.2, 0.25) is 0 Å². The Hall–Kier alpha value is -2.35. The van der Waals surface area contributed by atoms with Crippen molar-refractivity contribution in [1.82, 2.24) is 19.6 Å². The normalized spacial score (nSPS) is 18.3. The summed E-state index contributed by atoms with van der Waals surface area (Å²) in [6, 6.07) is 5.81. The van der Waals surface area contributed by atoms with Gasteiger partial charge in [-0.25, -0.2) is 0 Å². The molecule has 0 N–H and O–H groups in total. The molecule has 0 unspecified atom stereocenters. The number of alkyl halides is 3. The minimum absolute atomic E-state index is 0.0871. The summed E-state index contributed by atoms with van der Waals surface area (Å²) in [4.78, 5) is 17.4. The fraction of sp³-hybridized carbons (Fsp3) is 0.565. The van der Waals surface area contributed by atoms with Crippen LogP contribution in [0.25, 0.3) is 0 Å². The average molecular weight is 435 g/mol. The third-order valence-electron chi connectivity index (χ3n) is 6.66. The molecule has 0 bridgehead atoms. The number of aromatic nitrogens is 2. The van der Waals surface area contributed by atoms with Gasteiger partial charge in [-0.1, -0.05) is 25.1 Å². The Labute approximate surface area is 180 Å². The number of likely N-dealkylation sites (tertiary alicyclic amines) is 1. The number of fused-ring (bicyclic) bond motifs is 1. The van der Waals surface area contributed by atoms with E-state index in [-0.39, 0.29) is 11.8 Å². The summed E-state index contributed by atoms with van der Waals surface area (Å²) in [6.45, 7) is 8.44. The van der Waals surface area contributed by atoms with Crippen LogP contribution in [-0.2, 0) is 25.7 Å². The molecule has 0 saturated carbocycles. The molecule has 1 amide bonds. The van der Waals surface area contributed by atoms with Crippen LogP contribution in [0.3, 0.4) is 0 Å². The predicted octanol–water partition coefficient (Wildman–Crippen LogP) is 4.32. The van der Waals surface area contributed by atoms with Gasteiger partial charge in [0.1, 0.15) is 0 Å². The van der Waals surface area contributed by atoms with E-state index < -0.39 is 11.7 Å². The Morgan fingerprint density at radius 2 is 1.81 bits per heavy atom. The molecule has 1 aromatic heterocycles. The van der Waals surface area contributed by atoms with Crippen LogP contribution in [0.4, 0.5) is 13.2 Å². The monoisotopic (exact) mass is 434 g/mol. The SMILES string of the molecule is CCN1CCc2c(C(=O)N3CCC(c4ccccc4C(F)(F)F)CC3)nn(CC)c2C1. The summed E-state index contributed by atoms with van der Waals surface area (Å²) in [5, 5.41) is 4.63. The summed E-state index contributed by atoms with van der Waals surface area (Å²) < 4.78 is 42.1. The smallest absolute Gasteiger partial charge is 0.337 e. The second-order valence-corrected chi connectivity index (χ2v) is 8.36. The molecule has 0 spiro atoms. The molecule has 168 valence electrons. The van der Waals surface area contributed by atoms with Gasteiger partial charge in [0.25, 0.3) is 5.91 Å². The first kappa shape index (κ1) is 21.9. The van der Waals surface area contributed by atoms with Crippen LogP contribution in [0.15, 0.2) is 24.3 Å². The van der Waals surface area contributed by atoms with E-state index in [2.05, 4.69) is 16.9 Å². The number of aryl methyl sites for hydroxylation is 1. The fourth-order valence-electron chi connectivity index (χ4n) is 4.89. The molecule has 3 heterocycles. The molecule has 1 aromatic carbocycles. The van der Waals surface area contributed by atoms with Gasteiger partial charge in [0.05, 0.1) is 11.3 Å². The first-order chi connectivity index (χ1) is 14.8. The molecule has 31 heavy (non-hydrogen) atoms. The molecule has 0 atom stereocenters. The highest BCUT2D eigenvalue weighted by Crippen LogP contribution is 2.39. The summed E-state index contributed by atoms with van der Waals surface area (Å²) in [5.41, 5.74) is 2.47. The first-order valence-corrected chi connectivity index (χ1v) is 11.1. The van der Waals surface area contributed by atoms with E-state index in [0.717, 1.165) is 43.4 Å². The van der Waals surface area contributed by atoms with E-state index in [1.807, 2.05) is 11.6 Å². The fourth-order valence-corrected chi connectivity index (χ4v) is 4.89. The lowest BCUT2D eigenvalue weighted by molar-refractivity contribution is -0.138. The minimum atomic E-state index is -4.36. The van der Waals surface area contributed by atoms with Gasteiger partial charge in [0, 0.05) is 38.3 Å². The van der Waals surface area contributed by atoms with Crippen LogP contribution < -0.4 is 0 Å². The molecule has 0 aliphatic carbocycles. The Kier molecular flexibility index (Phi) is 6.10. The van der Waals surface area contributed by atoms with Crippen LogP contribution in [0, 0.1) is 0 Å². The molecular formula is C23H29F3N4O. The van der Waals surface area contributed by atoms with Gasteiger partial charge in [-0.05, 0) is 50.3 Å². The van der Waals surface area contributed by atoms with Crippen molar-refractivity contribution >= 4 is 5.91 Å². The number of piperidine rings is 1. The lowest BCUT2D eigenvalue weighted by Gasteiger charge is -2.33. The maximum atomic E-state index is 13.4. The maximum absolute atomic E-state index is 13.4. The van der Waals surface area contributed by atoms with Crippen molar-refractivity contribution in [3.05, 3.63) is 52.3 Å². The number of amides is 1. The average Bonchev–Trinajstić information content (AvgIpc) is 3.16. The Balaban J connectivity index is 1.50. The number of benzene rings is 1. The van der Waals surface area contributed by atoms with Crippen molar-refractivity contribution in [3.8, 4) is 0 Å². The highest BCUT2D eigenvalue weighted by Gasteiger charge is 2.37. The number of hydrogen-bond acceptors (Lipinski definition) is 3. The van der Waals surface area contributed by atoms with Crippen molar-refractivity contribution in [2.75, 3.05) is 26.2 Å². The van der Waals surface area contributed by atoms with Gasteiger partial charge in [-0.2, -0.15) is 18.3 Å². The zero-order valence-electron chi connectivity index (χ0n) is 18.1. The number of halogens is 3. The summed E-state index contributed by atoms with van der Waals surface area (Å²) in [6.07, 6.45) is -2.50. The van der Waals surface area contributed by atoms with Crippen LogP contribution in [0.5, 0.6) is 0 Å². The lowest BCUT2D eigenvalue weighted by atomic mass is 9.86. The zero-order chi connectivity index (χ0) is 22.2. The Morgan fingerprint density at radius 3 is 2.45 bits per heavy atom. The standard InChI is InChI=1S/C23H29F3N4O/c1-3-28-12-11-18-20(15-28)30(4-2)27-21(18)22(31)29-13-9-16(10-14-29)17-7-5-6-8-19(17)23(24,25)26/h5-8,16H,3-4,9-15H2,1-2H3. The zero-order valence-corrected chi connectivity index (χ0v) is 18.1. The molecule has 2 aromatic rings. The number of rotatable bonds is 4. The minimum Gasteiger partial charge on any atom is -0.337 e. The van der Waals surface area contributed by atoms with Gasteiger partial charge < -0.3 is 4.90 Å². The number of nitrogens with zero attached hydrogens (tertiary/aromatic N) is 4. The number of hydrogen-bond donors (Lipinski definition) is 0. The largest absolute Gasteiger partial charge is 0.416 e. The second kappa shape index (κ2) is 8.65. The van der Waals surface area contributed by atoms with Crippen LogP contribution >= 0.6 is 0 Å². The van der Waals surface area contributed by atoms with Crippen LogP contribution in [0.1, 0.15) is 65.5 Å². The van der Waals surface area contributed by atoms with Gasteiger partial charge >= 0.3 is 6.18 Å². The van der Waals surface area contributed by atoms with Crippen molar-refractivity contribution in [3.63, 3.8) is 0 Å². The first-order valence-electron chi connectivity index (χ1n) is 11.1. The molecule has 0 radical (unpaired) electrons. The number of likely N-dealkylation sites (N-methyl/N-ethyl adjacent to an activating group) is 1. The quantitative estimate of drug-likeness (QED) is 0.720. The topological polar surface area (TPSA) is 41.4 Å². The molecule has 5 nitrogen and oxygen atoms in total. The van der Waals surface area contributed by atoms with E-state index in [1.54, 1.807) is 17.0 Å². The van der Waals surface area contributed by atoms with Crippen molar-refractivity contribution < 1.29 is 18.0 Å². The van der Waals surface area contributed by atoms with Crippen molar-refractivity contribution in [1.29, 1.82) is 0 Å². The van der Waals surface area contributed by atoms with E-state index in [4.69, 9.17) is 0 Å². The van der Waals surface area contributed by atoms with E-state index in [0.29, 0.717) is 43.7 Å². The molecule has 1 saturated heterocycles. The lowest BCUT2D eigenvalue weighted by Crippen LogP contribution is -2.39. The summed E-state index contributed by atoms with van der Waals surface area (Å²) >= 11 is 0. The molecule has 1 fully saturated rings. The van der Waals surface area contributed by atoms with Gasteiger partial charge in [-0.3, -0.25) is 14.4 Å². The van der Waals surface area contributed by atoms with Crippen molar-refractivity contribution in [2.24, 2.45) is 0 Å². The summed E-state index contributed by atoms with van der Waals surface area (Å²) in [5.74, 6) is -0.280. The van der Waals surface area contributed by atoms with Gasteiger partial charge in [0.2, 0.25) is 0 Å². The van der Waals surface area contributed by atoms with Gasteiger partial charge in [-0.15, -0.1) is 0 Å². The third-order valence-corrected chi connectivity index (χ3v) is 6.66. The van der Waals surface area contributed by atoms with Crippen molar-refractivity contribution in [2.45, 2.75) is 58.3 Å². The van der Waals surface area contributed by atoms with E-state index >= 15 is 0 Å². The molecular weight excluding hydrogens is 405 g/mol. The predicted molar refractivity (Wildman–Crippen MR) is 112 cm³/mol.